The van der Waals surface area contributed by atoms with Crippen molar-refractivity contribution < 1.29 is 124 Å². The predicted molar refractivity (Wildman–Crippen MR) is 231 cm³/mol. The van der Waals surface area contributed by atoms with Crippen LogP contribution in [0.25, 0.3) is 0 Å². The second-order valence-corrected chi connectivity index (χ2v) is 19.3. The summed E-state index contributed by atoms with van der Waals surface area (Å²) in [5.41, 5.74) is 0. The molecule has 0 fully saturated rings. The molecule has 2 N–H and O–H groups in total. The molecule has 0 amide bonds. The molecule has 0 rings (SSSR count). The van der Waals surface area contributed by atoms with Crippen LogP contribution in [0.3, 0.4) is 0 Å². The third-order valence-corrected chi connectivity index (χ3v) is 12.6. The summed E-state index contributed by atoms with van der Waals surface area (Å²) < 4.78 is 70.7. The number of aliphatic carboxylic acids is 2. The van der Waals surface area contributed by atoms with Crippen molar-refractivity contribution in [1.82, 2.24) is 0 Å². The number of hydrogen-bond acceptors (Lipinski definition) is 12. The number of carboxylic acids is 2. The fourth-order valence-electron chi connectivity index (χ4n) is 6.71. The minimum Gasteiger partial charge on any atom is -0.549 e. The first kappa shape index (κ1) is 68.3. The summed E-state index contributed by atoms with van der Waals surface area (Å²) in [4.78, 5) is 44.3. The number of carbonyl (C=O) groups excluding carboxylic acids is 4. The summed E-state index contributed by atoms with van der Waals surface area (Å²) in [7, 11) is -9.77. The zero-order valence-corrected chi connectivity index (χ0v) is 44.9. The number of unbranched alkanes of at least 4 members (excludes halogenated alkanes) is 30. The van der Waals surface area contributed by atoms with E-state index in [0.717, 1.165) is 38.5 Å². The molecule has 0 saturated heterocycles. The molecule has 0 bridgehead atoms. The average Bonchev–Trinajstić information content (AvgIpc) is 3.17. The minimum absolute atomic E-state index is 0. The van der Waals surface area contributed by atoms with Gasteiger partial charge in [0.25, 0.3) is 20.2 Å². The molecule has 62 heavy (non-hydrogen) atoms. The second kappa shape index (κ2) is 47.2. The second-order valence-electron chi connectivity index (χ2n) is 16.1. The van der Waals surface area contributed by atoms with Crippen LogP contribution < -0.4 is 69.3 Å². The normalized spacial score (nSPS) is 12.2. The third-order valence-electron chi connectivity index (χ3n) is 10.5. The van der Waals surface area contributed by atoms with Crippen LogP contribution in [-0.2, 0) is 48.9 Å². The van der Waals surface area contributed by atoms with Crippen molar-refractivity contribution in [3.05, 3.63) is 0 Å². The van der Waals surface area contributed by atoms with Gasteiger partial charge in [0.15, 0.2) is 0 Å². The standard InChI is InChI=1S/2C22H42O7S.2Na/c2*1-2-3-4-5-6-7-8-9-10-11-12-13-14-15-16-17-18-29-21(23)19-20(22(24)25)30(26,27)28;;/h2*20H,2-19H2,1H3,(H,24,25)(H,26,27,28);;/q;;2*+1/p-2. The van der Waals surface area contributed by atoms with E-state index in [9.17, 15) is 46.2 Å². The maximum Gasteiger partial charge on any atom is 1.00 e. The summed E-state index contributed by atoms with van der Waals surface area (Å²) in [5, 5.41) is 16.7. The van der Waals surface area contributed by atoms with Gasteiger partial charge in [-0.25, -0.2) is 0 Å². The molecule has 0 saturated carbocycles. The maximum absolute atomic E-state index is 11.5. The molecule has 18 heteroatoms. The summed E-state index contributed by atoms with van der Waals surface area (Å²) in [5.74, 6) is -5.97. The van der Waals surface area contributed by atoms with E-state index < -0.39 is 67.5 Å². The van der Waals surface area contributed by atoms with E-state index in [1.807, 2.05) is 0 Å². The Kier molecular flexibility index (Phi) is 52.0. The fraction of sp³-hybridized carbons (Fsp3) is 0.909. The van der Waals surface area contributed by atoms with E-state index in [2.05, 4.69) is 13.8 Å². The first-order valence-electron chi connectivity index (χ1n) is 23.2. The van der Waals surface area contributed by atoms with Gasteiger partial charge >= 0.3 is 71.1 Å². The van der Waals surface area contributed by atoms with E-state index in [4.69, 9.17) is 18.6 Å². The predicted octanol–water partition coefficient (Wildman–Crippen LogP) is 2.38. The Bertz CT molecular complexity index is 1200. The van der Waals surface area contributed by atoms with Crippen LogP contribution in [0.15, 0.2) is 0 Å². The van der Waals surface area contributed by atoms with Crippen LogP contribution in [0.1, 0.15) is 232 Å². The molecule has 2 atom stereocenters. The Balaban J connectivity index is -0.000000526. The molecule has 0 heterocycles. The quantitative estimate of drug-likeness (QED) is 0.0387. The van der Waals surface area contributed by atoms with Crippen LogP contribution in [0.4, 0.5) is 0 Å². The molecule has 0 aromatic rings. The molecule has 0 spiro atoms. The van der Waals surface area contributed by atoms with Crippen molar-refractivity contribution in [3.63, 3.8) is 0 Å². The molecular formula is C44H82Na2O14S2. The number of hydrogen-bond donors (Lipinski definition) is 2. The monoisotopic (exact) mass is 944 g/mol. The van der Waals surface area contributed by atoms with Gasteiger partial charge in [-0.1, -0.05) is 206 Å². The molecule has 356 valence electrons. The van der Waals surface area contributed by atoms with Crippen molar-refractivity contribution in [2.24, 2.45) is 0 Å². The SMILES string of the molecule is CCCCCCCCCCCCCCCCCCOC(=O)CC(C(=O)[O-])S(=O)(=O)O.CCCCCCCCCCCCCCCCCCOC(=O)CC(C(=O)[O-])S(=O)(=O)O.[Na+].[Na+]. The van der Waals surface area contributed by atoms with Crippen molar-refractivity contribution in [3.8, 4) is 0 Å². The van der Waals surface area contributed by atoms with E-state index in [1.165, 1.54) is 154 Å². The van der Waals surface area contributed by atoms with E-state index >= 15 is 0 Å². The molecule has 0 aliphatic carbocycles. The van der Waals surface area contributed by atoms with Crippen LogP contribution in [0.2, 0.25) is 0 Å². The Hall–Kier alpha value is -0.300. The van der Waals surface area contributed by atoms with Gasteiger partial charge in [0.2, 0.25) is 0 Å². The molecule has 2 unspecified atom stereocenters. The van der Waals surface area contributed by atoms with Gasteiger partial charge < -0.3 is 29.3 Å². The topological polar surface area (TPSA) is 242 Å². The van der Waals surface area contributed by atoms with Gasteiger partial charge in [0, 0.05) is 0 Å². The smallest absolute Gasteiger partial charge is 0.549 e. The summed E-state index contributed by atoms with van der Waals surface area (Å²) in [6.07, 6.45) is 37.5. The van der Waals surface area contributed by atoms with E-state index in [1.54, 1.807) is 0 Å². The fourth-order valence-corrected chi connectivity index (χ4v) is 7.89. The van der Waals surface area contributed by atoms with Crippen LogP contribution in [-0.4, -0.2) is 73.5 Å². The van der Waals surface area contributed by atoms with Gasteiger partial charge in [0.05, 0.1) is 38.0 Å². The molecule has 0 radical (unpaired) electrons. The summed E-state index contributed by atoms with van der Waals surface area (Å²) >= 11 is 0. The van der Waals surface area contributed by atoms with Gasteiger partial charge in [-0.15, -0.1) is 0 Å². The first-order chi connectivity index (χ1) is 28.6. The minimum atomic E-state index is -4.88. The molecule has 0 aromatic carbocycles. The third kappa shape index (κ3) is 47.7. The number of carboxylic acid groups (broad SMARTS) is 2. The average molecular weight is 945 g/mol. The Morgan fingerprint density at radius 3 is 0.726 bits per heavy atom. The maximum atomic E-state index is 11.5. The summed E-state index contributed by atoms with van der Waals surface area (Å²) in [6.45, 7) is 4.72. The molecular weight excluding hydrogens is 863 g/mol. The zero-order valence-electron chi connectivity index (χ0n) is 39.2. The number of ether oxygens (including phenoxy) is 2. The Morgan fingerprint density at radius 2 is 0.565 bits per heavy atom. The van der Waals surface area contributed by atoms with Gasteiger partial charge in [-0.2, -0.15) is 16.8 Å². The number of carbonyl (C=O) groups is 4. The molecule has 14 nitrogen and oxygen atoms in total. The Labute approximate surface area is 420 Å². The first-order valence-corrected chi connectivity index (χ1v) is 26.2. The van der Waals surface area contributed by atoms with Crippen LogP contribution in [0, 0.1) is 0 Å². The van der Waals surface area contributed by atoms with Crippen molar-refractivity contribution in [1.29, 1.82) is 0 Å². The van der Waals surface area contributed by atoms with E-state index in [0.29, 0.717) is 12.8 Å². The molecule has 0 aliphatic heterocycles. The van der Waals surface area contributed by atoms with Crippen LogP contribution >= 0.6 is 0 Å². The van der Waals surface area contributed by atoms with Gasteiger partial charge in [-0.05, 0) is 12.8 Å². The zero-order chi connectivity index (χ0) is 45.3. The van der Waals surface area contributed by atoms with Crippen molar-refractivity contribution >= 4 is 44.1 Å². The van der Waals surface area contributed by atoms with Crippen LogP contribution in [0.5, 0.6) is 0 Å². The number of esters is 2. The Morgan fingerprint density at radius 1 is 0.387 bits per heavy atom. The number of rotatable bonds is 42. The van der Waals surface area contributed by atoms with Crippen molar-refractivity contribution in [2.45, 2.75) is 243 Å². The van der Waals surface area contributed by atoms with E-state index in [-0.39, 0.29) is 72.3 Å². The molecule has 0 aromatic heterocycles. The van der Waals surface area contributed by atoms with Gasteiger partial charge in [-0.3, -0.25) is 18.7 Å². The molecule has 0 aliphatic rings. The largest absolute Gasteiger partial charge is 1.00 e. The van der Waals surface area contributed by atoms with Crippen molar-refractivity contribution in [2.75, 3.05) is 13.2 Å². The van der Waals surface area contributed by atoms with Gasteiger partial charge in [0.1, 0.15) is 10.5 Å². The summed E-state index contributed by atoms with van der Waals surface area (Å²) in [6, 6.07) is 0.